The smallest absolute Gasteiger partial charge is 0.220 e. The fraction of sp³-hybridized carbons (Fsp3) is 0.500. The highest BCUT2D eigenvalue weighted by Gasteiger charge is 2.19. The largest absolute Gasteiger partial charge is 0.497 e. The number of rotatable bonds is 6. The van der Waals surface area contributed by atoms with Gasteiger partial charge in [0.25, 0.3) is 0 Å². The number of nitrogens with one attached hydrogen (secondary N) is 2. The van der Waals surface area contributed by atoms with Crippen molar-refractivity contribution in [3.63, 3.8) is 0 Å². The maximum Gasteiger partial charge on any atom is 0.220 e. The third-order valence-corrected chi connectivity index (χ3v) is 3.22. The van der Waals surface area contributed by atoms with Gasteiger partial charge in [0.15, 0.2) is 0 Å². The van der Waals surface area contributed by atoms with Gasteiger partial charge in [-0.1, -0.05) is 0 Å². The number of ether oxygens (including phenoxy) is 2. The predicted molar refractivity (Wildman–Crippen MR) is 72.4 cm³/mol. The zero-order chi connectivity index (χ0) is 13.7. The minimum atomic E-state index is 0.148. The van der Waals surface area contributed by atoms with Crippen molar-refractivity contribution >= 4 is 5.91 Å². The van der Waals surface area contributed by atoms with Gasteiger partial charge in [-0.25, -0.2) is 0 Å². The van der Waals surface area contributed by atoms with Crippen molar-refractivity contribution in [1.82, 2.24) is 10.6 Å². The average molecular weight is 264 g/mol. The molecule has 1 atom stereocenters. The van der Waals surface area contributed by atoms with Crippen molar-refractivity contribution in [2.45, 2.75) is 25.4 Å². The summed E-state index contributed by atoms with van der Waals surface area (Å²) in [5.41, 5.74) is 1.10. The molecular formula is C14H20N2O3. The second-order valence-corrected chi connectivity index (χ2v) is 4.65. The van der Waals surface area contributed by atoms with E-state index in [9.17, 15) is 4.79 Å². The van der Waals surface area contributed by atoms with Crippen molar-refractivity contribution in [3.8, 4) is 11.5 Å². The van der Waals surface area contributed by atoms with Crippen LogP contribution < -0.4 is 20.1 Å². The first kappa shape index (κ1) is 13.7. The molecule has 1 unspecified atom stereocenters. The third-order valence-electron chi connectivity index (χ3n) is 3.22. The van der Waals surface area contributed by atoms with Crippen LogP contribution in [0.1, 0.15) is 18.4 Å². The summed E-state index contributed by atoms with van der Waals surface area (Å²) in [6, 6.07) is 6.05. The summed E-state index contributed by atoms with van der Waals surface area (Å²) in [7, 11) is 3.28. The number of hydrogen-bond acceptors (Lipinski definition) is 4. The second-order valence-electron chi connectivity index (χ2n) is 4.65. The Bertz CT molecular complexity index is 426. The lowest BCUT2D eigenvalue weighted by atomic mass is 10.2. The van der Waals surface area contributed by atoms with Crippen molar-refractivity contribution in [3.05, 3.63) is 23.8 Å². The third kappa shape index (κ3) is 3.86. The molecule has 2 N–H and O–H groups in total. The molecule has 5 nitrogen and oxygen atoms in total. The molecule has 0 bridgehead atoms. The van der Waals surface area contributed by atoms with E-state index in [-0.39, 0.29) is 11.9 Å². The first-order valence-electron chi connectivity index (χ1n) is 6.43. The second kappa shape index (κ2) is 6.43. The Morgan fingerprint density at radius 1 is 1.26 bits per heavy atom. The zero-order valence-electron chi connectivity index (χ0n) is 11.4. The number of carbonyl (C=O) groups excluding carboxylic acids is 1. The lowest BCUT2D eigenvalue weighted by Gasteiger charge is -2.12. The molecule has 1 fully saturated rings. The molecule has 1 aromatic carbocycles. The van der Waals surface area contributed by atoms with Crippen LogP contribution in [0.15, 0.2) is 18.2 Å². The topological polar surface area (TPSA) is 59.6 Å². The van der Waals surface area contributed by atoms with Crippen LogP contribution >= 0.6 is 0 Å². The predicted octanol–water partition coefficient (Wildman–Crippen LogP) is 1.07. The van der Waals surface area contributed by atoms with Gasteiger partial charge in [-0.15, -0.1) is 0 Å². The van der Waals surface area contributed by atoms with Gasteiger partial charge >= 0.3 is 0 Å². The molecule has 0 radical (unpaired) electrons. The SMILES string of the molecule is COc1cc(CNCC2CCC(=O)N2)cc(OC)c1. The summed E-state index contributed by atoms with van der Waals surface area (Å²) in [6.07, 6.45) is 1.55. The number of methoxy groups -OCH3 is 2. The van der Waals surface area contributed by atoms with Gasteiger partial charge in [0, 0.05) is 31.6 Å². The van der Waals surface area contributed by atoms with E-state index in [1.165, 1.54) is 0 Å². The minimum absolute atomic E-state index is 0.148. The van der Waals surface area contributed by atoms with E-state index >= 15 is 0 Å². The van der Waals surface area contributed by atoms with E-state index in [1.54, 1.807) is 14.2 Å². The highest BCUT2D eigenvalue weighted by molar-refractivity contribution is 5.78. The standard InChI is InChI=1S/C14H20N2O3/c1-18-12-5-10(6-13(7-12)19-2)8-15-9-11-3-4-14(17)16-11/h5-7,11,15H,3-4,8-9H2,1-2H3,(H,16,17). The van der Waals surface area contributed by atoms with Crippen LogP contribution in [0, 0.1) is 0 Å². The van der Waals surface area contributed by atoms with Crippen LogP contribution in [0.4, 0.5) is 0 Å². The van der Waals surface area contributed by atoms with E-state index in [0.717, 1.165) is 36.6 Å². The van der Waals surface area contributed by atoms with E-state index in [4.69, 9.17) is 9.47 Å². The Hall–Kier alpha value is -1.75. The maximum atomic E-state index is 11.1. The molecule has 1 amide bonds. The van der Waals surface area contributed by atoms with Gasteiger partial charge in [0.1, 0.15) is 11.5 Å². The molecule has 1 aliphatic heterocycles. The Balaban J connectivity index is 1.86. The van der Waals surface area contributed by atoms with Crippen LogP contribution in [0.3, 0.4) is 0 Å². The fourth-order valence-electron chi connectivity index (χ4n) is 2.19. The van der Waals surface area contributed by atoms with Crippen LogP contribution in [0.5, 0.6) is 11.5 Å². The molecule has 1 aliphatic rings. The van der Waals surface area contributed by atoms with Gasteiger partial charge in [-0.05, 0) is 24.1 Å². The first-order valence-corrected chi connectivity index (χ1v) is 6.43. The van der Waals surface area contributed by atoms with Gasteiger partial charge in [-0.2, -0.15) is 0 Å². The molecular weight excluding hydrogens is 244 g/mol. The van der Waals surface area contributed by atoms with Crippen LogP contribution in [-0.4, -0.2) is 32.7 Å². The highest BCUT2D eigenvalue weighted by atomic mass is 16.5. The molecule has 5 heteroatoms. The lowest BCUT2D eigenvalue weighted by Crippen LogP contribution is -2.35. The van der Waals surface area contributed by atoms with Gasteiger partial charge in [-0.3, -0.25) is 4.79 Å². The number of benzene rings is 1. The summed E-state index contributed by atoms with van der Waals surface area (Å²) < 4.78 is 10.5. The van der Waals surface area contributed by atoms with Crippen molar-refractivity contribution in [2.75, 3.05) is 20.8 Å². The number of amides is 1. The summed E-state index contributed by atoms with van der Waals surface area (Å²) in [4.78, 5) is 11.1. The minimum Gasteiger partial charge on any atom is -0.497 e. The maximum absolute atomic E-state index is 11.1. The van der Waals surface area contributed by atoms with Gasteiger partial charge in [0.2, 0.25) is 5.91 Å². The quantitative estimate of drug-likeness (QED) is 0.807. The number of carbonyl (C=O) groups is 1. The molecule has 0 saturated carbocycles. The molecule has 0 aromatic heterocycles. The molecule has 0 spiro atoms. The Kier molecular flexibility index (Phi) is 4.63. The monoisotopic (exact) mass is 264 g/mol. The Morgan fingerprint density at radius 3 is 2.47 bits per heavy atom. The summed E-state index contributed by atoms with van der Waals surface area (Å²) >= 11 is 0. The lowest BCUT2D eigenvalue weighted by molar-refractivity contribution is -0.119. The van der Waals surface area contributed by atoms with Crippen molar-refractivity contribution in [2.24, 2.45) is 0 Å². The molecule has 1 aromatic rings. The van der Waals surface area contributed by atoms with Gasteiger partial charge in [0.05, 0.1) is 14.2 Å². The fourth-order valence-corrected chi connectivity index (χ4v) is 2.19. The molecule has 2 rings (SSSR count). The first-order chi connectivity index (χ1) is 9.21. The molecule has 104 valence electrons. The summed E-state index contributed by atoms with van der Waals surface area (Å²) in [5.74, 6) is 1.71. The number of hydrogen-bond donors (Lipinski definition) is 2. The van der Waals surface area contributed by atoms with Crippen LogP contribution in [0.2, 0.25) is 0 Å². The molecule has 19 heavy (non-hydrogen) atoms. The molecule has 1 heterocycles. The normalized spacial score (nSPS) is 18.2. The van der Waals surface area contributed by atoms with Crippen molar-refractivity contribution < 1.29 is 14.3 Å². The average Bonchev–Trinajstić information content (AvgIpc) is 2.84. The van der Waals surface area contributed by atoms with Gasteiger partial charge < -0.3 is 20.1 Å². The molecule has 1 saturated heterocycles. The van der Waals surface area contributed by atoms with Crippen LogP contribution in [0.25, 0.3) is 0 Å². The van der Waals surface area contributed by atoms with E-state index in [2.05, 4.69) is 10.6 Å². The zero-order valence-corrected chi connectivity index (χ0v) is 11.4. The summed E-state index contributed by atoms with van der Waals surface area (Å²) in [6.45, 7) is 1.51. The molecule has 0 aliphatic carbocycles. The highest BCUT2D eigenvalue weighted by Crippen LogP contribution is 2.22. The Morgan fingerprint density at radius 2 is 1.95 bits per heavy atom. The van der Waals surface area contributed by atoms with Crippen LogP contribution in [-0.2, 0) is 11.3 Å². The van der Waals surface area contributed by atoms with E-state index < -0.39 is 0 Å². The summed E-state index contributed by atoms with van der Waals surface area (Å²) in [5, 5.41) is 6.28. The van der Waals surface area contributed by atoms with E-state index in [1.807, 2.05) is 18.2 Å². The Labute approximate surface area is 113 Å². The van der Waals surface area contributed by atoms with E-state index in [0.29, 0.717) is 6.42 Å². The van der Waals surface area contributed by atoms with Crippen molar-refractivity contribution in [1.29, 1.82) is 0 Å².